The third kappa shape index (κ3) is 12.3. The topological polar surface area (TPSA) is 24.4 Å². The Bertz CT molecular complexity index is 420. The fourth-order valence-corrected chi connectivity index (χ4v) is 4.09. The number of aliphatic imine (C=N–C) groups is 1. The molecule has 2 nitrogen and oxygen atoms in total. The number of unbranched alkanes of at least 4 members (excludes halogenated alkanes) is 15. The Morgan fingerprint density at radius 2 is 1.11 bits per heavy atom. The lowest BCUT2D eigenvalue weighted by Crippen LogP contribution is -2.27. The summed E-state index contributed by atoms with van der Waals surface area (Å²) in [6.07, 6.45) is 25.0. The average molecular weight is 377 g/mol. The molecule has 27 heavy (non-hydrogen) atoms. The Morgan fingerprint density at radius 3 is 1.48 bits per heavy atom. The SMILES string of the molecule is CCCCCCCCCCCCCCCCCCN=C1NC(C)=CC1(C)C. The van der Waals surface area contributed by atoms with Gasteiger partial charge in [-0.25, -0.2) is 0 Å². The molecule has 0 aliphatic carbocycles. The van der Waals surface area contributed by atoms with Crippen LogP contribution < -0.4 is 5.32 Å². The molecule has 0 unspecified atom stereocenters. The van der Waals surface area contributed by atoms with Crippen LogP contribution in [-0.4, -0.2) is 12.4 Å². The van der Waals surface area contributed by atoms with Crippen LogP contribution >= 0.6 is 0 Å². The quantitative estimate of drug-likeness (QED) is 0.254. The minimum Gasteiger partial charge on any atom is -0.347 e. The van der Waals surface area contributed by atoms with Crippen LogP contribution in [0.3, 0.4) is 0 Å². The van der Waals surface area contributed by atoms with Gasteiger partial charge in [0.1, 0.15) is 5.84 Å². The molecule has 0 saturated carbocycles. The first-order valence-electron chi connectivity index (χ1n) is 12.1. The number of hydrogen-bond donors (Lipinski definition) is 1. The molecule has 0 spiro atoms. The summed E-state index contributed by atoms with van der Waals surface area (Å²) in [5.74, 6) is 1.15. The summed E-state index contributed by atoms with van der Waals surface area (Å²) in [6, 6.07) is 0. The molecular formula is C25H48N2. The number of allylic oxidation sites excluding steroid dienone is 1. The van der Waals surface area contributed by atoms with Crippen LogP contribution in [0.5, 0.6) is 0 Å². The van der Waals surface area contributed by atoms with Gasteiger partial charge < -0.3 is 5.32 Å². The Labute approximate surface area is 170 Å². The van der Waals surface area contributed by atoms with Gasteiger partial charge in [0, 0.05) is 17.7 Å². The summed E-state index contributed by atoms with van der Waals surface area (Å²) < 4.78 is 0. The molecule has 1 aliphatic heterocycles. The molecule has 0 aromatic rings. The van der Waals surface area contributed by atoms with Gasteiger partial charge in [-0.3, -0.25) is 4.99 Å². The lowest BCUT2D eigenvalue weighted by atomic mass is 9.94. The van der Waals surface area contributed by atoms with Crippen molar-refractivity contribution in [1.82, 2.24) is 5.32 Å². The van der Waals surface area contributed by atoms with Crippen molar-refractivity contribution in [3.05, 3.63) is 11.8 Å². The number of amidine groups is 1. The normalized spacial score (nSPS) is 17.3. The van der Waals surface area contributed by atoms with Crippen LogP contribution in [0.4, 0.5) is 0 Å². The Balaban J connectivity index is 1.80. The molecule has 0 fully saturated rings. The lowest BCUT2D eigenvalue weighted by Gasteiger charge is -2.16. The van der Waals surface area contributed by atoms with Crippen LogP contribution in [0.1, 0.15) is 130 Å². The smallest absolute Gasteiger partial charge is 0.110 e. The molecule has 0 aromatic carbocycles. The summed E-state index contributed by atoms with van der Waals surface area (Å²) in [5, 5.41) is 3.41. The first-order valence-corrected chi connectivity index (χ1v) is 12.1. The summed E-state index contributed by atoms with van der Waals surface area (Å²) in [7, 11) is 0. The molecule has 0 aromatic heterocycles. The highest BCUT2D eigenvalue weighted by molar-refractivity contribution is 5.93. The Kier molecular flexibility index (Phi) is 13.6. The molecule has 0 saturated heterocycles. The first-order chi connectivity index (χ1) is 13.1. The predicted molar refractivity (Wildman–Crippen MR) is 123 cm³/mol. The van der Waals surface area contributed by atoms with E-state index < -0.39 is 0 Å². The van der Waals surface area contributed by atoms with Crippen molar-refractivity contribution in [2.45, 2.75) is 130 Å². The molecule has 1 N–H and O–H groups in total. The number of hydrogen-bond acceptors (Lipinski definition) is 1. The predicted octanol–water partition coefficient (Wildman–Crippen LogP) is 8.18. The third-order valence-corrected chi connectivity index (χ3v) is 5.78. The van der Waals surface area contributed by atoms with Gasteiger partial charge in [0.15, 0.2) is 0 Å². The maximum Gasteiger partial charge on any atom is 0.110 e. The third-order valence-electron chi connectivity index (χ3n) is 5.78. The molecular weight excluding hydrogens is 328 g/mol. The highest BCUT2D eigenvalue weighted by Crippen LogP contribution is 2.25. The zero-order valence-electron chi connectivity index (χ0n) is 19.0. The molecule has 0 radical (unpaired) electrons. The van der Waals surface area contributed by atoms with Crippen LogP contribution in [0.25, 0.3) is 0 Å². The molecule has 2 heteroatoms. The zero-order chi connectivity index (χ0) is 19.8. The summed E-state index contributed by atoms with van der Waals surface area (Å²) >= 11 is 0. The van der Waals surface area contributed by atoms with Gasteiger partial charge in [0.05, 0.1) is 0 Å². The summed E-state index contributed by atoms with van der Waals surface area (Å²) in [6.45, 7) is 9.87. The largest absolute Gasteiger partial charge is 0.347 e. The average Bonchev–Trinajstić information content (AvgIpc) is 2.89. The summed E-state index contributed by atoms with van der Waals surface area (Å²) in [4.78, 5) is 4.78. The molecule has 158 valence electrons. The van der Waals surface area contributed by atoms with Crippen LogP contribution in [0, 0.1) is 5.41 Å². The van der Waals surface area contributed by atoms with E-state index >= 15 is 0 Å². The summed E-state index contributed by atoms with van der Waals surface area (Å²) in [5.41, 5.74) is 1.34. The lowest BCUT2D eigenvalue weighted by molar-refractivity contribution is 0.530. The van der Waals surface area contributed by atoms with Crippen molar-refractivity contribution in [3.8, 4) is 0 Å². The maximum atomic E-state index is 4.78. The van der Waals surface area contributed by atoms with Gasteiger partial charge in [0.2, 0.25) is 0 Å². The highest BCUT2D eigenvalue weighted by Gasteiger charge is 2.27. The monoisotopic (exact) mass is 376 g/mol. The van der Waals surface area contributed by atoms with Gasteiger partial charge in [-0.15, -0.1) is 0 Å². The highest BCUT2D eigenvalue weighted by atomic mass is 15.0. The van der Waals surface area contributed by atoms with Crippen molar-refractivity contribution in [2.75, 3.05) is 6.54 Å². The molecule has 0 bridgehead atoms. The van der Waals surface area contributed by atoms with Crippen molar-refractivity contribution in [3.63, 3.8) is 0 Å². The fraction of sp³-hybridized carbons (Fsp3) is 0.880. The Hall–Kier alpha value is -0.790. The van der Waals surface area contributed by atoms with Crippen molar-refractivity contribution in [2.24, 2.45) is 10.4 Å². The van der Waals surface area contributed by atoms with Gasteiger partial charge in [-0.2, -0.15) is 0 Å². The fourth-order valence-electron chi connectivity index (χ4n) is 4.09. The molecule has 0 amide bonds. The maximum absolute atomic E-state index is 4.78. The van der Waals surface area contributed by atoms with Gasteiger partial charge in [-0.1, -0.05) is 109 Å². The van der Waals surface area contributed by atoms with E-state index in [2.05, 4.69) is 39.1 Å². The van der Waals surface area contributed by atoms with Crippen LogP contribution in [0.15, 0.2) is 16.8 Å². The van der Waals surface area contributed by atoms with Crippen molar-refractivity contribution in [1.29, 1.82) is 0 Å². The van der Waals surface area contributed by atoms with Crippen LogP contribution in [0.2, 0.25) is 0 Å². The van der Waals surface area contributed by atoms with E-state index in [4.69, 9.17) is 4.99 Å². The zero-order valence-corrected chi connectivity index (χ0v) is 19.0. The molecule has 1 rings (SSSR count). The minimum atomic E-state index is 0.0964. The minimum absolute atomic E-state index is 0.0964. The van der Waals surface area contributed by atoms with Gasteiger partial charge in [-0.05, 0) is 27.2 Å². The van der Waals surface area contributed by atoms with Crippen molar-refractivity contribution < 1.29 is 0 Å². The van der Waals surface area contributed by atoms with Gasteiger partial charge >= 0.3 is 0 Å². The number of nitrogens with zero attached hydrogens (tertiary/aromatic N) is 1. The second-order valence-corrected chi connectivity index (χ2v) is 9.21. The number of nitrogens with one attached hydrogen (secondary N) is 1. The van der Waals surface area contributed by atoms with E-state index in [0.29, 0.717) is 0 Å². The van der Waals surface area contributed by atoms with E-state index in [0.717, 1.165) is 12.4 Å². The second-order valence-electron chi connectivity index (χ2n) is 9.21. The second kappa shape index (κ2) is 15.2. The van der Waals surface area contributed by atoms with E-state index in [1.54, 1.807) is 0 Å². The van der Waals surface area contributed by atoms with Crippen LogP contribution in [-0.2, 0) is 0 Å². The standard InChI is InChI=1S/C25H48N2/c1-5-6-7-8-9-10-11-12-13-14-15-16-17-18-19-20-21-26-24-25(3,4)22-23(2)27-24/h22H,5-21H2,1-4H3,(H,26,27). The molecule has 1 heterocycles. The van der Waals surface area contributed by atoms with E-state index in [1.807, 2.05) is 0 Å². The van der Waals surface area contributed by atoms with E-state index in [1.165, 1.54) is 108 Å². The van der Waals surface area contributed by atoms with Crippen molar-refractivity contribution >= 4 is 5.84 Å². The molecule has 1 aliphatic rings. The Morgan fingerprint density at radius 1 is 0.704 bits per heavy atom. The number of rotatable bonds is 17. The first kappa shape index (κ1) is 24.2. The van der Waals surface area contributed by atoms with Gasteiger partial charge in [0.25, 0.3) is 0 Å². The molecule has 0 atom stereocenters. The van der Waals surface area contributed by atoms with E-state index in [-0.39, 0.29) is 5.41 Å². The van der Waals surface area contributed by atoms with E-state index in [9.17, 15) is 0 Å².